The summed E-state index contributed by atoms with van der Waals surface area (Å²) >= 11 is 0. The lowest BCUT2D eigenvalue weighted by Crippen LogP contribution is -2.39. The molecule has 84 valence electrons. The third-order valence-electron chi connectivity index (χ3n) is 3.11. The van der Waals surface area contributed by atoms with Gasteiger partial charge in [0, 0.05) is 31.0 Å². The molecule has 1 fully saturated rings. The number of aromatic nitrogens is 2. The van der Waals surface area contributed by atoms with Crippen molar-refractivity contribution in [3.8, 4) is 0 Å². The zero-order chi connectivity index (χ0) is 10.7. The van der Waals surface area contributed by atoms with E-state index in [0.29, 0.717) is 6.04 Å². The minimum atomic E-state index is 0.604. The van der Waals surface area contributed by atoms with E-state index in [-0.39, 0.29) is 0 Å². The van der Waals surface area contributed by atoms with Gasteiger partial charge in [-0.15, -0.1) is 0 Å². The van der Waals surface area contributed by atoms with Crippen LogP contribution in [0.2, 0.25) is 0 Å². The summed E-state index contributed by atoms with van der Waals surface area (Å²) in [6.07, 6.45) is 6.39. The van der Waals surface area contributed by atoms with Crippen molar-refractivity contribution in [1.82, 2.24) is 20.2 Å². The van der Waals surface area contributed by atoms with E-state index in [1.807, 2.05) is 6.20 Å². The van der Waals surface area contributed by atoms with Gasteiger partial charge >= 0.3 is 0 Å². The van der Waals surface area contributed by atoms with E-state index in [9.17, 15) is 0 Å². The average Bonchev–Trinajstić information content (AvgIpc) is 2.96. The van der Waals surface area contributed by atoms with E-state index < -0.39 is 0 Å². The molecule has 0 aromatic carbocycles. The molecule has 1 aromatic rings. The fourth-order valence-electron chi connectivity index (χ4n) is 1.78. The van der Waals surface area contributed by atoms with Gasteiger partial charge in [0.1, 0.15) is 5.82 Å². The number of nitrogens with zero attached hydrogens (tertiary/aromatic N) is 2. The Labute approximate surface area is 91.1 Å². The van der Waals surface area contributed by atoms with Crippen LogP contribution in [0, 0.1) is 0 Å². The second kappa shape index (κ2) is 4.77. The first-order chi connectivity index (χ1) is 7.27. The smallest absolute Gasteiger partial charge is 0.120 e. The molecule has 1 atom stereocenters. The van der Waals surface area contributed by atoms with Crippen molar-refractivity contribution in [2.45, 2.75) is 38.4 Å². The Kier molecular flexibility index (Phi) is 3.38. The van der Waals surface area contributed by atoms with Crippen molar-refractivity contribution in [1.29, 1.82) is 0 Å². The molecule has 0 radical (unpaired) electrons. The molecule has 0 spiro atoms. The Bertz CT molecular complexity index is 279. The largest absolute Gasteiger partial charge is 0.348 e. The molecule has 1 aliphatic rings. The second-order valence-electron chi connectivity index (χ2n) is 4.41. The average molecular weight is 208 g/mol. The monoisotopic (exact) mass is 208 g/mol. The van der Waals surface area contributed by atoms with Crippen LogP contribution in [0.25, 0.3) is 0 Å². The van der Waals surface area contributed by atoms with Gasteiger partial charge in [-0.25, -0.2) is 4.98 Å². The zero-order valence-electron chi connectivity index (χ0n) is 9.53. The minimum Gasteiger partial charge on any atom is -0.348 e. The molecule has 0 aliphatic heterocycles. The number of aromatic amines is 1. The van der Waals surface area contributed by atoms with Crippen LogP contribution in [0.1, 0.15) is 25.6 Å². The summed E-state index contributed by atoms with van der Waals surface area (Å²) in [5.41, 5.74) is 0. The first-order valence-corrected chi connectivity index (χ1v) is 5.68. The van der Waals surface area contributed by atoms with Gasteiger partial charge < -0.3 is 10.3 Å². The standard InChI is InChI=1S/C11H20N4/c1-9(15(2)10-3-4-10)7-12-8-11-13-5-6-14-11/h5-6,9-10,12H,3-4,7-8H2,1-2H3,(H,13,14). The lowest BCUT2D eigenvalue weighted by Gasteiger charge is -2.24. The fourth-order valence-corrected chi connectivity index (χ4v) is 1.78. The van der Waals surface area contributed by atoms with E-state index in [4.69, 9.17) is 0 Å². The highest BCUT2D eigenvalue weighted by Crippen LogP contribution is 2.26. The first-order valence-electron chi connectivity index (χ1n) is 5.68. The van der Waals surface area contributed by atoms with E-state index in [2.05, 4.69) is 34.2 Å². The lowest BCUT2D eigenvalue weighted by atomic mass is 10.3. The summed E-state index contributed by atoms with van der Waals surface area (Å²) in [6, 6.07) is 1.44. The second-order valence-corrected chi connectivity index (χ2v) is 4.41. The van der Waals surface area contributed by atoms with Crippen LogP contribution in [0.15, 0.2) is 12.4 Å². The van der Waals surface area contributed by atoms with Crippen molar-refractivity contribution in [3.05, 3.63) is 18.2 Å². The van der Waals surface area contributed by atoms with Crippen LogP contribution in [-0.4, -0.2) is 40.5 Å². The Morgan fingerprint density at radius 2 is 2.47 bits per heavy atom. The van der Waals surface area contributed by atoms with Gasteiger partial charge in [0.25, 0.3) is 0 Å². The predicted octanol–water partition coefficient (Wildman–Crippen LogP) is 0.982. The Morgan fingerprint density at radius 1 is 1.67 bits per heavy atom. The number of rotatable bonds is 6. The van der Waals surface area contributed by atoms with E-state index in [0.717, 1.165) is 25.0 Å². The summed E-state index contributed by atoms with van der Waals surface area (Å²) < 4.78 is 0. The number of imidazole rings is 1. The van der Waals surface area contributed by atoms with E-state index in [1.54, 1.807) is 6.20 Å². The lowest BCUT2D eigenvalue weighted by molar-refractivity contribution is 0.240. The molecule has 0 saturated heterocycles. The van der Waals surface area contributed by atoms with Crippen molar-refractivity contribution in [2.75, 3.05) is 13.6 Å². The third kappa shape index (κ3) is 3.04. The van der Waals surface area contributed by atoms with Crippen molar-refractivity contribution >= 4 is 0 Å². The molecular formula is C11H20N4. The highest BCUT2D eigenvalue weighted by molar-refractivity contribution is 4.88. The normalized spacial score (nSPS) is 18.3. The summed E-state index contributed by atoms with van der Waals surface area (Å²) in [6.45, 7) is 4.12. The maximum atomic E-state index is 4.17. The molecule has 0 amide bonds. The van der Waals surface area contributed by atoms with Gasteiger partial charge in [0.15, 0.2) is 0 Å². The van der Waals surface area contributed by atoms with Gasteiger partial charge in [-0.1, -0.05) is 0 Å². The predicted molar refractivity (Wildman–Crippen MR) is 60.5 cm³/mol. The molecule has 0 bridgehead atoms. The minimum absolute atomic E-state index is 0.604. The zero-order valence-corrected chi connectivity index (χ0v) is 9.53. The maximum Gasteiger partial charge on any atom is 0.120 e. The SMILES string of the molecule is CC(CNCc1ncc[nH]1)N(C)C1CC1. The number of likely N-dealkylation sites (N-methyl/N-ethyl adjacent to an activating group) is 1. The topological polar surface area (TPSA) is 44.0 Å². The van der Waals surface area contributed by atoms with E-state index in [1.165, 1.54) is 12.8 Å². The summed E-state index contributed by atoms with van der Waals surface area (Å²) in [4.78, 5) is 9.73. The van der Waals surface area contributed by atoms with Gasteiger partial charge in [-0.3, -0.25) is 4.90 Å². The number of H-pyrrole nitrogens is 1. The third-order valence-corrected chi connectivity index (χ3v) is 3.11. The van der Waals surface area contributed by atoms with Crippen LogP contribution in [0.4, 0.5) is 0 Å². The number of nitrogens with one attached hydrogen (secondary N) is 2. The molecule has 2 rings (SSSR count). The van der Waals surface area contributed by atoms with E-state index >= 15 is 0 Å². The van der Waals surface area contributed by atoms with Crippen LogP contribution in [-0.2, 0) is 6.54 Å². The van der Waals surface area contributed by atoms with Gasteiger partial charge in [0.05, 0.1) is 6.54 Å². The van der Waals surface area contributed by atoms with Gasteiger partial charge in [0.2, 0.25) is 0 Å². The molecule has 1 saturated carbocycles. The van der Waals surface area contributed by atoms with Crippen molar-refractivity contribution < 1.29 is 0 Å². The van der Waals surface area contributed by atoms with Crippen LogP contribution >= 0.6 is 0 Å². The first kappa shape index (κ1) is 10.6. The highest BCUT2D eigenvalue weighted by Gasteiger charge is 2.28. The van der Waals surface area contributed by atoms with Crippen molar-refractivity contribution in [2.24, 2.45) is 0 Å². The summed E-state index contributed by atoms with van der Waals surface area (Å²) in [7, 11) is 2.22. The Morgan fingerprint density at radius 3 is 3.07 bits per heavy atom. The quantitative estimate of drug-likeness (QED) is 0.732. The van der Waals surface area contributed by atoms with Gasteiger partial charge in [-0.2, -0.15) is 0 Å². The van der Waals surface area contributed by atoms with Crippen LogP contribution in [0.5, 0.6) is 0 Å². The molecule has 1 aromatic heterocycles. The molecule has 15 heavy (non-hydrogen) atoms. The van der Waals surface area contributed by atoms with Crippen LogP contribution in [0.3, 0.4) is 0 Å². The Balaban J connectivity index is 1.64. The molecule has 2 N–H and O–H groups in total. The maximum absolute atomic E-state index is 4.17. The molecule has 1 unspecified atom stereocenters. The Hall–Kier alpha value is -0.870. The summed E-state index contributed by atoms with van der Waals surface area (Å²) in [5.74, 6) is 1.01. The van der Waals surface area contributed by atoms with Crippen LogP contribution < -0.4 is 5.32 Å². The van der Waals surface area contributed by atoms with Crippen molar-refractivity contribution in [3.63, 3.8) is 0 Å². The molecule has 4 nitrogen and oxygen atoms in total. The molecule has 4 heteroatoms. The van der Waals surface area contributed by atoms with Gasteiger partial charge in [-0.05, 0) is 26.8 Å². The molecule has 1 heterocycles. The number of hydrogen-bond donors (Lipinski definition) is 2. The fraction of sp³-hybridized carbons (Fsp3) is 0.727. The molecular weight excluding hydrogens is 188 g/mol. The molecule has 1 aliphatic carbocycles. The number of hydrogen-bond acceptors (Lipinski definition) is 3. The highest BCUT2D eigenvalue weighted by atomic mass is 15.2. The summed E-state index contributed by atoms with van der Waals surface area (Å²) in [5, 5.41) is 3.42.